The summed E-state index contributed by atoms with van der Waals surface area (Å²) in [5, 5.41) is 0.268. The van der Waals surface area contributed by atoms with Crippen LogP contribution in [-0.2, 0) is 13.1 Å². The molecule has 0 atom stereocenters. The Morgan fingerprint density at radius 1 is 0.839 bits per heavy atom. The summed E-state index contributed by atoms with van der Waals surface area (Å²) in [5.74, 6) is -0.591. The van der Waals surface area contributed by atoms with E-state index in [2.05, 4.69) is 4.99 Å². The van der Waals surface area contributed by atoms with Gasteiger partial charge in [0.1, 0.15) is 5.69 Å². The van der Waals surface area contributed by atoms with Crippen molar-refractivity contribution in [2.24, 2.45) is 4.99 Å². The van der Waals surface area contributed by atoms with Gasteiger partial charge in [0.15, 0.2) is 5.82 Å². The molecule has 4 rings (SSSR count). The molecule has 0 aliphatic heterocycles. The SMILES string of the molecule is CCn1c(=O)c2cc(N=C(c3ccccc3)c3ccccc3)c(F)cc2n(CC)c1=O. The van der Waals surface area contributed by atoms with Crippen LogP contribution >= 0.6 is 0 Å². The topological polar surface area (TPSA) is 56.4 Å². The molecule has 1 heterocycles. The molecule has 0 fully saturated rings. The first kappa shape index (κ1) is 20.5. The number of hydrogen-bond donors (Lipinski definition) is 0. The number of nitrogens with zero attached hydrogens (tertiary/aromatic N) is 3. The summed E-state index contributed by atoms with van der Waals surface area (Å²) in [7, 11) is 0. The van der Waals surface area contributed by atoms with E-state index < -0.39 is 17.1 Å². The fourth-order valence-corrected chi connectivity index (χ4v) is 3.71. The second kappa shape index (κ2) is 8.52. The number of benzene rings is 3. The van der Waals surface area contributed by atoms with E-state index in [-0.39, 0.29) is 23.1 Å². The molecule has 0 unspecified atom stereocenters. The van der Waals surface area contributed by atoms with Crippen molar-refractivity contribution in [3.8, 4) is 0 Å². The van der Waals surface area contributed by atoms with Gasteiger partial charge in [-0.3, -0.25) is 13.9 Å². The van der Waals surface area contributed by atoms with Gasteiger partial charge in [0.25, 0.3) is 5.56 Å². The molecule has 0 spiro atoms. The molecule has 0 amide bonds. The largest absolute Gasteiger partial charge is 0.331 e. The predicted molar refractivity (Wildman–Crippen MR) is 122 cm³/mol. The molecule has 1 aromatic heterocycles. The van der Waals surface area contributed by atoms with E-state index in [1.54, 1.807) is 13.8 Å². The number of aromatic nitrogens is 2. The van der Waals surface area contributed by atoms with Gasteiger partial charge >= 0.3 is 5.69 Å². The Labute approximate surface area is 178 Å². The molecule has 156 valence electrons. The molecule has 4 aromatic rings. The third-order valence-electron chi connectivity index (χ3n) is 5.25. The molecule has 0 aliphatic rings. The van der Waals surface area contributed by atoms with Crippen molar-refractivity contribution in [3.63, 3.8) is 0 Å². The van der Waals surface area contributed by atoms with E-state index in [9.17, 15) is 9.59 Å². The van der Waals surface area contributed by atoms with Crippen molar-refractivity contribution in [1.29, 1.82) is 0 Å². The maximum atomic E-state index is 15.1. The quantitative estimate of drug-likeness (QED) is 0.450. The van der Waals surface area contributed by atoms with Crippen LogP contribution in [-0.4, -0.2) is 14.8 Å². The van der Waals surface area contributed by atoms with Gasteiger partial charge in [-0.2, -0.15) is 0 Å². The van der Waals surface area contributed by atoms with Crippen LogP contribution < -0.4 is 11.2 Å². The van der Waals surface area contributed by atoms with Gasteiger partial charge in [-0.25, -0.2) is 14.2 Å². The zero-order valence-electron chi connectivity index (χ0n) is 17.4. The third kappa shape index (κ3) is 3.72. The first-order valence-electron chi connectivity index (χ1n) is 10.2. The first-order chi connectivity index (χ1) is 15.0. The van der Waals surface area contributed by atoms with Crippen LogP contribution in [0.2, 0.25) is 0 Å². The minimum atomic E-state index is -0.591. The Kier molecular flexibility index (Phi) is 5.62. The molecule has 0 aliphatic carbocycles. The lowest BCUT2D eigenvalue weighted by Crippen LogP contribution is -2.39. The minimum absolute atomic E-state index is 0.0521. The molecular formula is C25H22FN3O2. The first-order valence-corrected chi connectivity index (χ1v) is 10.2. The molecule has 3 aromatic carbocycles. The van der Waals surface area contributed by atoms with Crippen molar-refractivity contribution < 1.29 is 4.39 Å². The van der Waals surface area contributed by atoms with E-state index in [0.717, 1.165) is 15.7 Å². The Morgan fingerprint density at radius 2 is 1.39 bits per heavy atom. The van der Waals surface area contributed by atoms with Crippen molar-refractivity contribution >= 4 is 22.3 Å². The summed E-state index contributed by atoms with van der Waals surface area (Å²) in [6, 6.07) is 21.7. The zero-order chi connectivity index (χ0) is 22.0. The highest BCUT2D eigenvalue weighted by molar-refractivity contribution is 6.14. The lowest BCUT2D eigenvalue weighted by atomic mass is 10.0. The molecule has 6 heteroatoms. The van der Waals surface area contributed by atoms with Gasteiger partial charge in [0.05, 0.1) is 16.6 Å². The fraction of sp³-hybridized carbons (Fsp3) is 0.160. The highest BCUT2D eigenvalue weighted by Crippen LogP contribution is 2.25. The van der Waals surface area contributed by atoms with Crippen LogP contribution in [0.4, 0.5) is 10.1 Å². The van der Waals surface area contributed by atoms with E-state index >= 15 is 4.39 Å². The molecule has 0 saturated heterocycles. The maximum absolute atomic E-state index is 15.1. The van der Waals surface area contributed by atoms with Crippen molar-refractivity contribution in [3.05, 3.63) is 111 Å². The number of halogens is 1. The van der Waals surface area contributed by atoms with E-state index in [0.29, 0.717) is 12.3 Å². The summed E-state index contributed by atoms with van der Waals surface area (Å²) in [5.41, 5.74) is 1.71. The van der Waals surface area contributed by atoms with E-state index in [1.807, 2.05) is 60.7 Å². The summed E-state index contributed by atoms with van der Waals surface area (Å²) >= 11 is 0. The summed E-state index contributed by atoms with van der Waals surface area (Å²) in [6.45, 7) is 4.10. The van der Waals surface area contributed by atoms with E-state index in [4.69, 9.17) is 0 Å². The Bertz CT molecular complexity index is 1350. The number of rotatable bonds is 5. The standard InChI is InChI=1S/C25H22FN3O2/c1-3-28-22-16-20(26)21(15-19(22)24(30)29(4-2)25(28)31)27-23(17-11-7-5-8-12-17)18-13-9-6-10-14-18/h5-16H,3-4H2,1-2H3. The van der Waals surface area contributed by atoms with Crippen molar-refractivity contribution in [1.82, 2.24) is 9.13 Å². The van der Waals surface area contributed by atoms with Gasteiger partial charge in [0, 0.05) is 30.3 Å². The Hall–Kier alpha value is -3.80. The van der Waals surface area contributed by atoms with Crippen LogP contribution in [0.3, 0.4) is 0 Å². The van der Waals surface area contributed by atoms with Crippen LogP contribution in [0.5, 0.6) is 0 Å². The average Bonchev–Trinajstić information content (AvgIpc) is 2.80. The summed E-state index contributed by atoms with van der Waals surface area (Å²) < 4.78 is 17.7. The van der Waals surface area contributed by atoms with Crippen LogP contribution in [0.25, 0.3) is 10.9 Å². The normalized spacial score (nSPS) is 10.9. The molecule has 0 radical (unpaired) electrons. The smallest absolute Gasteiger partial charge is 0.293 e. The van der Waals surface area contributed by atoms with Crippen molar-refractivity contribution in [2.45, 2.75) is 26.9 Å². The maximum Gasteiger partial charge on any atom is 0.331 e. The van der Waals surface area contributed by atoms with Gasteiger partial charge < -0.3 is 0 Å². The number of aryl methyl sites for hydroxylation is 1. The van der Waals surface area contributed by atoms with E-state index in [1.165, 1.54) is 16.7 Å². The fourth-order valence-electron chi connectivity index (χ4n) is 3.71. The molecular weight excluding hydrogens is 393 g/mol. The van der Waals surface area contributed by atoms with Gasteiger partial charge in [0.2, 0.25) is 0 Å². The van der Waals surface area contributed by atoms with Crippen LogP contribution in [0.1, 0.15) is 25.0 Å². The average molecular weight is 415 g/mol. The third-order valence-corrected chi connectivity index (χ3v) is 5.25. The molecule has 5 nitrogen and oxygen atoms in total. The molecule has 0 bridgehead atoms. The molecule has 0 N–H and O–H groups in total. The van der Waals surface area contributed by atoms with Crippen LogP contribution in [0, 0.1) is 5.82 Å². The predicted octanol–water partition coefficient (Wildman–Crippen LogP) is 4.51. The van der Waals surface area contributed by atoms with Crippen LogP contribution in [0.15, 0.2) is 87.4 Å². The number of hydrogen-bond acceptors (Lipinski definition) is 3. The molecule has 0 saturated carbocycles. The van der Waals surface area contributed by atoms with Crippen molar-refractivity contribution in [2.75, 3.05) is 0 Å². The second-order valence-electron chi connectivity index (χ2n) is 7.09. The van der Waals surface area contributed by atoms with Gasteiger partial charge in [-0.05, 0) is 19.9 Å². The Balaban J connectivity index is 2.02. The monoisotopic (exact) mass is 415 g/mol. The van der Waals surface area contributed by atoms with Gasteiger partial charge in [-0.1, -0.05) is 60.7 Å². The lowest BCUT2D eigenvalue weighted by Gasteiger charge is -2.13. The molecule has 31 heavy (non-hydrogen) atoms. The Morgan fingerprint density at radius 3 is 1.90 bits per heavy atom. The second-order valence-corrected chi connectivity index (χ2v) is 7.09. The lowest BCUT2D eigenvalue weighted by molar-refractivity contribution is 0.602. The summed E-state index contributed by atoms with van der Waals surface area (Å²) in [4.78, 5) is 30.1. The summed E-state index contributed by atoms with van der Waals surface area (Å²) in [6.07, 6.45) is 0. The zero-order valence-corrected chi connectivity index (χ0v) is 17.4. The highest BCUT2D eigenvalue weighted by atomic mass is 19.1. The minimum Gasteiger partial charge on any atom is -0.293 e. The highest BCUT2D eigenvalue weighted by Gasteiger charge is 2.16. The van der Waals surface area contributed by atoms with Gasteiger partial charge in [-0.15, -0.1) is 0 Å². The number of fused-ring (bicyclic) bond motifs is 1. The number of aliphatic imine (C=N–C) groups is 1.